The van der Waals surface area contributed by atoms with Gasteiger partial charge in [0.1, 0.15) is 25.4 Å². The zero-order chi connectivity index (χ0) is 60.2. The molecule has 0 aliphatic carbocycles. The Bertz CT molecular complexity index is 1280. The van der Waals surface area contributed by atoms with Gasteiger partial charge in [0.15, 0.2) is 0 Å². The molecule has 0 heterocycles. The van der Waals surface area contributed by atoms with Crippen molar-refractivity contribution in [3.05, 3.63) is 0 Å². The van der Waals surface area contributed by atoms with Gasteiger partial charge in [-0.3, -0.25) is 14.5 Å². The van der Waals surface area contributed by atoms with E-state index in [1.54, 1.807) is 0 Å². The predicted molar refractivity (Wildman–Crippen MR) is 343 cm³/mol. The number of esters is 2. The van der Waals surface area contributed by atoms with E-state index >= 15 is 0 Å². The molecule has 0 saturated heterocycles. The van der Waals surface area contributed by atoms with Gasteiger partial charge in [-0.15, -0.1) is 0 Å². The van der Waals surface area contributed by atoms with Crippen LogP contribution in [-0.4, -0.2) is 112 Å². The fourth-order valence-corrected chi connectivity index (χ4v) is 11.3. The molecule has 486 valence electrons. The van der Waals surface area contributed by atoms with Crippen molar-refractivity contribution < 1.29 is 47.6 Å². The number of nitrogens with zero attached hydrogens (tertiary/aromatic N) is 2. The van der Waals surface area contributed by atoms with Crippen molar-refractivity contribution in [1.82, 2.24) is 9.80 Å². The topological polar surface area (TPSA) is 130 Å². The lowest BCUT2D eigenvalue weighted by molar-refractivity contribution is -0.145. The summed E-state index contributed by atoms with van der Waals surface area (Å²) in [5.74, 6) is 1.26. The molecule has 12 heteroatoms. The van der Waals surface area contributed by atoms with Crippen LogP contribution >= 0.6 is 0 Å². The van der Waals surface area contributed by atoms with Crippen LogP contribution in [0.2, 0.25) is 0 Å². The number of carbonyl (C=O) groups is 4. The number of hydrogen-bond donors (Lipinski definition) is 0. The maximum absolute atomic E-state index is 13.1. The van der Waals surface area contributed by atoms with E-state index in [9.17, 15) is 19.2 Å². The molecule has 0 fully saturated rings. The van der Waals surface area contributed by atoms with Crippen LogP contribution in [-0.2, 0) is 38.0 Å². The van der Waals surface area contributed by atoms with Gasteiger partial charge in [0.05, 0.1) is 13.2 Å². The Morgan fingerprint density at radius 2 is 0.561 bits per heavy atom. The minimum absolute atomic E-state index is 0.0473. The van der Waals surface area contributed by atoms with Gasteiger partial charge < -0.3 is 33.3 Å². The van der Waals surface area contributed by atoms with Crippen molar-refractivity contribution in [2.24, 2.45) is 11.8 Å². The highest BCUT2D eigenvalue weighted by molar-refractivity contribution is 5.69. The second-order valence-electron chi connectivity index (χ2n) is 24.3. The molecule has 0 rings (SSSR count). The normalized spacial score (nSPS) is 12.4. The fraction of sp³-hybridized carbons (Fsp3) is 0.943. The standard InChI is InChI=1S/C70H136N2O10/c1-9-17-23-37-47-65(49-39-29-25-27-31-41-51-67(73)77-59-53-63(43-33-19-11-3)44-34-20-12-4)81-69(75)79-61-57-72(56-55-71(15-7)16-8)58-62-80-70(76)82-66(48-38-24-18-10-2)50-40-30-26-28-32-42-52-68(74)78-60-54-64(45-35-21-13-5)46-36-22-14-6/h63-66H,9-62H2,1-8H3. The molecular formula is C70H136N2O10. The third kappa shape index (κ3) is 52.9. The van der Waals surface area contributed by atoms with Crippen LogP contribution in [0.1, 0.15) is 338 Å². The number of hydrogen-bond acceptors (Lipinski definition) is 12. The lowest BCUT2D eigenvalue weighted by atomic mass is 9.92. The Labute approximate surface area is 507 Å². The highest BCUT2D eigenvalue weighted by Gasteiger charge is 2.20. The summed E-state index contributed by atoms with van der Waals surface area (Å²) >= 11 is 0. The molecule has 0 spiro atoms. The Balaban J connectivity index is 4.89. The van der Waals surface area contributed by atoms with Crippen molar-refractivity contribution in [3.63, 3.8) is 0 Å². The summed E-state index contributed by atoms with van der Waals surface area (Å²) in [6.45, 7) is 23.8. The van der Waals surface area contributed by atoms with E-state index < -0.39 is 12.3 Å². The van der Waals surface area contributed by atoms with Crippen molar-refractivity contribution in [3.8, 4) is 0 Å². The summed E-state index contributed by atoms with van der Waals surface area (Å²) in [6, 6.07) is 0. The van der Waals surface area contributed by atoms with Crippen molar-refractivity contribution >= 4 is 24.2 Å². The van der Waals surface area contributed by atoms with Crippen molar-refractivity contribution in [1.29, 1.82) is 0 Å². The number of ether oxygens (including phenoxy) is 6. The molecule has 82 heavy (non-hydrogen) atoms. The molecule has 0 aromatic carbocycles. The Morgan fingerprint density at radius 1 is 0.280 bits per heavy atom. The lowest BCUT2D eigenvalue weighted by Gasteiger charge is -2.26. The van der Waals surface area contributed by atoms with E-state index in [2.05, 4.69) is 65.2 Å². The van der Waals surface area contributed by atoms with Crippen LogP contribution in [0.4, 0.5) is 9.59 Å². The number of unbranched alkanes of at least 4 members (excludes halogenated alkanes) is 24. The molecule has 0 amide bonds. The van der Waals surface area contributed by atoms with Gasteiger partial charge in [-0.2, -0.15) is 0 Å². The zero-order valence-corrected chi connectivity index (χ0v) is 55.5. The Hall–Kier alpha value is -2.60. The molecule has 0 aromatic heterocycles. The van der Waals surface area contributed by atoms with Gasteiger partial charge >= 0.3 is 24.2 Å². The van der Waals surface area contributed by atoms with E-state index in [1.165, 1.54) is 116 Å². The summed E-state index contributed by atoms with van der Waals surface area (Å²) in [6.07, 6.45) is 46.5. The Kier molecular flexibility index (Phi) is 59.5. The quantitative estimate of drug-likeness (QED) is 0.0326. The van der Waals surface area contributed by atoms with Gasteiger partial charge in [0.25, 0.3) is 0 Å². The summed E-state index contributed by atoms with van der Waals surface area (Å²) in [5.41, 5.74) is 0. The minimum Gasteiger partial charge on any atom is -0.466 e. The summed E-state index contributed by atoms with van der Waals surface area (Å²) in [4.78, 5) is 55.8. The summed E-state index contributed by atoms with van der Waals surface area (Å²) in [7, 11) is 0. The van der Waals surface area contributed by atoms with Crippen LogP contribution in [0.3, 0.4) is 0 Å². The second kappa shape index (κ2) is 61.5. The number of rotatable bonds is 63. The summed E-state index contributed by atoms with van der Waals surface area (Å²) in [5, 5.41) is 0. The lowest BCUT2D eigenvalue weighted by Crippen LogP contribution is -2.39. The second-order valence-corrected chi connectivity index (χ2v) is 24.3. The van der Waals surface area contributed by atoms with Gasteiger partial charge in [-0.05, 0) is 102 Å². The maximum Gasteiger partial charge on any atom is 0.508 e. The smallest absolute Gasteiger partial charge is 0.466 e. The van der Waals surface area contributed by atoms with Gasteiger partial charge in [0.2, 0.25) is 0 Å². The molecule has 12 nitrogen and oxygen atoms in total. The maximum atomic E-state index is 13.1. The third-order valence-corrected chi connectivity index (χ3v) is 16.9. The number of likely N-dealkylation sites (N-methyl/N-ethyl adjacent to an activating group) is 1. The molecule has 2 atom stereocenters. The highest BCUT2D eigenvalue weighted by atomic mass is 16.7. The fourth-order valence-electron chi connectivity index (χ4n) is 11.3. The van der Waals surface area contributed by atoms with Gasteiger partial charge in [-0.25, -0.2) is 9.59 Å². The average molecular weight is 1170 g/mol. The largest absolute Gasteiger partial charge is 0.508 e. The van der Waals surface area contributed by atoms with Crippen LogP contribution in [0.5, 0.6) is 0 Å². The minimum atomic E-state index is -0.605. The van der Waals surface area contributed by atoms with Crippen LogP contribution in [0, 0.1) is 11.8 Å². The average Bonchev–Trinajstić information content (AvgIpc) is 3.46. The molecule has 0 bridgehead atoms. The predicted octanol–water partition coefficient (Wildman–Crippen LogP) is 20.3. The van der Waals surface area contributed by atoms with Crippen LogP contribution in [0.25, 0.3) is 0 Å². The highest BCUT2D eigenvalue weighted by Crippen LogP contribution is 2.24. The molecule has 0 aliphatic heterocycles. The first kappa shape index (κ1) is 79.4. The third-order valence-electron chi connectivity index (χ3n) is 16.9. The molecular weight excluding hydrogens is 1030 g/mol. The van der Waals surface area contributed by atoms with E-state index in [4.69, 9.17) is 28.4 Å². The zero-order valence-electron chi connectivity index (χ0n) is 55.5. The molecule has 0 N–H and O–H groups in total. The van der Waals surface area contributed by atoms with Crippen LogP contribution in [0.15, 0.2) is 0 Å². The Morgan fingerprint density at radius 3 is 0.890 bits per heavy atom. The van der Waals surface area contributed by atoms with E-state index in [1.807, 2.05) is 0 Å². The first-order chi connectivity index (χ1) is 40.1. The van der Waals surface area contributed by atoms with Crippen LogP contribution < -0.4 is 0 Å². The molecule has 0 aromatic rings. The first-order valence-electron chi connectivity index (χ1n) is 35.5. The van der Waals surface area contributed by atoms with Gasteiger partial charge in [-0.1, -0.05) is 248 Å². The first-order valence-corrected chi connectivity index (χ1v) is 35.5. The molecule has 0 saturated carbocycles. The van der Waals surface area contributed by atoms with E-state index in [-0.39, 0.29) is 37.4 Å². The molecule has 0 radical (unpaired) electrons. The monoisotopic (exact) mass is 1170 g/mol. The van der Waals surface area contributed by atoms with Crippen molar-refractivity contribution in [2.45, 2.75) is 350 Å². The van der Waals surface area contributed by atoms with E-state index in [0.29, 0.717) is 51.0 Å². The van der Waals surface area contributed by atoms with E-state index in [0.717, 1.165) is 180 Å². The van der Waals surface area contributed by atoms with Gasteiger partial charge in [0, 0.05) is 39.0 Å². The SMILES string of the molecule is CCCCCCC(CCCCCCCCC(=O)OCCC(CCCCC)CCCCC)OC(=O)OCCN(CCOC(=O)OC(CCCCCC)CCCCCCCCC(=O)OCCC(CCCCC)CCCCC)CCN(CC)CC. The molecule has 0 aliphatic rings. The molecule has 2 unspecified atom stereocenters. The number of carbonyl (C=O) groups excluding carboxylic acids is 4. The summed E-state index contributed by atoms with van der Waals surface area (Å²) < 4.78 is 34.7. The van der Waals surface area contributed by atoms with Crippen molar-refractivity contribution in [2.75, 3.05) is 65.7 Å².